The predicted molar refractivity (Wildman–Crippen MR) is 84.5 cm³/mol. The summed E-state index contributed by atoms with van der Waals surface area (Å²) in [6, 6.07) is 6.63. The number of hydrogen-bond donors (Lipinski definition) is 1. The standard InChI is InChI=1S/C18H25FN2O/c19-16-8-6-14(7-9-16)12-21(11-13-4-5-13)18(22)10-15-2-1-3-17(15)20/h6-9,13,15,17H,1-5,10-12,20H2/t15-,17+/m0/s1. The van der Waals surface area contributed by atoms with Crippen molar-refractivity contribution < 1.29 is 9.18 Å². The number of carbonyl (C=O) groups is 1. The lowest BCUT2D eigenvalue weighted by molar-refractivity contribution is -0.133. The van der Waals surface area contributed by atoms with Crippen molar-refractivity contribution in [1.82, 2.24) is 4.90 Å². The number of hydrogen-bond acceptors (Lipinski definition) is 2. The van der Waals surface area contributed by atoms with Gasteiger partial charge in [0.25, 0.3) is 0 Å². The molecule has 3 nitrogen and oxygen atoms in total. The van der Waals surface area contributed by atoms with Crippen LogP contribution in [0.2, 0.25) is 0 Å². The number of nitrogens with zero attached hydrogens (tertiary/aromatic N) is 1. The second-order valence-electron chi connectivity index (χ2n) is 6.90. The van der Waals surface area contributed by atoms with Gasteiger partial charge >= 0.3 is 0 Å². The molecule has 2 N–H and O–H groups in total. The Morgan fingerprint density at radius 1 is 1.18 bits per heavy atom. The van der Waals surface area contributed by atoms with Gasteiger partial charge in [-0.3, -0.25) is 4.79 Å². The quantitative estimate of drug-likeness (QED) is 0.878. The van der Waals surface area contributed by atoms with Crippen molar-refractivity contribution in [3.8, 4) is 0 Å². The molecule has 0 heterocycles. The average molecular weight is 304 g/mol. The lowest BCUT2D eigenvalue weighted by Gasteiger charge is -2.25. The van der Waals surface area contributed by atoms with Gasteiger partial charge in [0, 0.05) is 25.6 Å². The van der Waals surface area contributed by atoms with Crippen LogP contribution in [-0.2, 0) is 11.3 Å². The average Bonchev–Trinajstić information content (AvgIpc) is 3.23. The molecule has 2 aliphatic carbocycles. The summed E-state index contributed by atoms with van der Waals surface area (Å²) >= 11 is 0. The lowest BCUT2D eigenvalue weighted by Crippen LogP contribution is -2.36. The maximum absolute atomic E-state index is 13.0. The second kappa shape index (κ2) is 6.78. The minimum absolute atomic E-state index is 0.178. The molecule has 22 heavy (non-hydrogen) atoms. The molecule has 0 bridgehead atoms. The van der Waals surface area contributed by atoms with Gasteiger partial charge in [-0.15, -0.1) is 0 Å². The third-order valence-electron chi connectivity index (χ3n) is 4.97. The molecular formula is C18H25FN2O. The van der Waals surface area contributed by atoms with Gasteiger partial charge in [-0.2, -0.15) is 0 Å². The molecule has 4 heteroatoms. The van der Waals surface area contributed by atoms with E-state index in [-0.39, 0.29) is 17.8 Å². The second-order valence-corrected chi connectivity index (χ2v) is 6.90. The first-order chi connectivity index (χ1) is 10.6. The van der Waals surface area contributed by atoms with Crippen molar-refractivity contribution in [3.63, 3.8) is 0 Å². The van der Waals surface area contributed by atoms with Crippen molar-refractivity contribution in [2.45, 2.75) is 51.1 Å². The zero-order valence-electron chi connectivity index (χ0n) is 13.0. The number of rotatable bonds is 6. The van der Waals surface area contributed by atoms with E-state index in [1.165, 1.54) is 25.0 Å². The fourth-order valence-electron chi connectivity index (χ4n) is 3.35. The highest BCUT2D eigenvalue weighted by Crippen LogP contribution is 2.32. The number of amides is 1. The summed E-state index contributed by atoms with van der Waals surface area (Å²) in [5.41, 5.74) is 7.09. The zero-order valence-corrected chi connectivity index (χ0v) is 13.0. The Bertz CT molecular complexity index is 512. The van der Waals surface area contributed by atoms with Gasteiger partial charge in [-0.05, 0) is 55.2 Å². The summed E-state index contributed by atoms with van der Waals surface area (Å²) in [5.74, 6) is 0.961. The molecule has 1 amide bonds. The van der Waals surface area contributed by atoms with E-state index in [4.69, 9.17) is 5.73 Å². The Kier molecular flexibility index (Phi) is 4.77. The molecule has 0 aliphatic heterocycles. The first-order valence-corrected chi connectivity index (χ1v) is 8.39. The minimum atomic E-state index is -0.235. The number of benzene rings is 1. The number of carbonyl (C=O) groups excluding carboxylic acids is 1. The molecule has 0 aromatic heterocycles. The monoisotopic (exact) mass is 304 g/mol. The highest BCUT2D eigenvalue weighted by Gasteiger charge is 2.31. The SMILES string of the molecule is N[C@@H]1CCC[C@H]1CC(=O)N(Cc1ccc(F)cc1)CC1CC1. The van der Waals surface area contributed by atoms with E-state index in [0.29, 0.717) is 24.8 Å². The lowest BCUT2D eigenvalue weighted by atomic mass is 9.99. The summed E-state index contributed by atoms with van der Waals surface area (Å²) in [6.45, 7) is 1.41. The molecular weight excluding hydrogens is 279 g/mol. The predicted octanol–water partition coefficient (Wildman–Crippen LogP) is 3.08. The van der Waals surface area contributed by atoms with Gasteiger partial charge in [0.1, 0.15) is 5.82 Å². The van der Waals surface area contributed by atoms with E-state index < -0.39 is 0 Å². The van der Waals surface area contributed by atoms with Crippen molar-refractivity contribution in [1.29, 1.82) is 0 Å². The Hall–Kier alpha value is -1.42. The smallest absolute Gasteiger partial charge is 0.223 e. The molecule has 1 aromatic carbocycles. The topological polar surface area (TPSA) is 46.3 Å². The highest BCUT2D eigenvalue weighted by atomic mass is 19.1. The summed E-state index contributed by atoms with van der Waals surface area (Å²) in [5, 5.41) is 0. The van der Waals surface area contributed by atoms with E-state index in [1.807, 2.05) is 4.90 Å². The summed E-state index contributed by atoms with van der Waals surface area (Å²) in [6.07, 6.45) is 6.25. The van der Waals surface area contributed by atoms with Crippen LogP contribution >= 0.6 is 0 Å². The van der Waals surface area contributed by atoms with Gasteiger partial charge in [0.2, 0.25) is 5.91 Å². The minimum Gasteiger partial charge on any atom is -0.338 e. The Morgan fingerprint density at radius 3 is 2.50 bits per heavy atom. The number of nitrogens with two attached hydrogens (primary N) is 1. The van der Waals surface area contributed by atoms with Crippen LogP contribution in [0, 0.1) is 17.7 Å². The molecule has 2 atom stereocenters. The van der Waals surface area contributed by atoms with E-state index in [2.05, 4.69) is 0 Å². The molecule has 0 saturated heterocycles. The van der Waals surface area contributed by atoms with Gasteiger partial charge < -0.3 is 10.6 Å². The van der Waals surface area contributed by atoms with E-state index >= 15 is 0 Å². The highest BCUT2D eigenvalue weighted by molar-refractivity contribution is 5.76. The van der Waals surface area contributed by atoms with Crippen LogP contribution < -0.4 is 5.73 Å². The molecule has 1 aromatic rings. The van der Waals surface area contributed by atoms with Crippen LogP contribution in [0.15, 0.2) is 24.3 Å². The molecule has 2 fully saturated rings. The fraction of sp³-hybridized carbons (Fsp3) is 0.611. The van der Waals surface area contributed by atoms with Crippen molar-refractivity contribution in [2.75, 3.05) is 6.54 Å². The third-order valence-corrected chi connectivity index (χ3v) is 4.97. The maximum Gasteiger partial charge on any atom is 0.223 e. The Morgan fingerprint density at radius 2 is 1.91 bits per heavy atom. The van der Waals surface area contributed by atoms with Crippen LogP contribution in [0.5, 0.6) is 0 Å². The van der Waals surface area contributed by atoms with Gasteiger partial charge in [0.15, 0.2) is 0 Å². The van der Waals surface area contributed by atoms with Crippen molar-refractivity contribution in [2.24, 2.45) is 17.6 Å². The molecule has 0 unspecified atom stereocenters. The third kappa shape index (κ3) is 4.07. The summed E-state index contributed by atoms with van der Waals surface area (Å²) < 4.78 is 13.0. The van der Waals surface area contributed by atoms with Gasteiger partial charge in [0.05, 0.1) is 0 Å². The van der Waals surface area contributed by atoms with Crippen LogP contribution in [0.25, 0.3) is 0 Å². The van der Waals surface area contributed by atoms with E-state index in [0.717, 1.165) is 31.4 Å². The van der Waals surface area contributed by atoms with Gasteiger partial charge in [-0.25, -0.2) is 4.39 Å². The van der Waals surface area contributed by atoms with Crippen LogP contribution in [0.3, 0.4) is 0 Å². The van der Waals surface area contributed by atoms with Crippen LogP contribution in [-0.4, -0.2) is 23.4 Å². The first-order valence-electron chi connectivity index (χ1n) is 8.39. The van der Waals surface area contributed by atoms with E-state index in [1.54, 1.807) is 12.1 Å². The van der Waals surface area contributed by atoms with Crippen molar-refractivity contribution >= 4 is 5.91 Å². The maximum atomic E-state index is 13.0. The van der Waals surface area contributed by atoms with E-state index in [9.17, 15) is 9.18 Å². The normalized spacial score (nSPS) is 24.5. The Balaban J connectivity index is 1.62. The van der Waals surface area contributed by atoms with Crippen molar-refractivity contribution in [3.05, 3.63) is 35.6 Å². The molecule has 120 valence electrons. The zero-order chi connectivity index (χ0) is 15.5. The molecule has 2 aliphatic rings. The fourth-order valence-corrected chi connectivity index (χ4v) is 3.35. The summed E-state index contributed by atoms with van der Waals surface area (Å²) in [4.78, 5) is 14.6. The van der Waals surface area contributed by atoms with Crippen LogP contribution in [0.4, 0.5) is 4.39 Å². The number of halogens is 1. The Labute approximate surface area is 131 Å². The summed E-state index contributed by atoms with van der Waals surface area (Å²) in [7, 11) is 0. The van der Waals surface area contributed by atoms with Crippen LogP contribution in [0.1, 0.15) is 44.1 Å². The molecule has 0 spiro atoms. The molecule has 2 saturated carbocycles. The van der Waals surface area contributed by atoms with Gasteiger partial charge in [-0.1, -0.05) is 18.6 Å². The largest absolute Gasteiger partial charge is 0.338 e. The first kappa shape index (κ1) is 15.5. The molecule has 3 rings (SSSR count). The molecule has 0 radical (unpaired) electrons.